The van der Waals surface area contributed by atoms with E-state index < -0.39 is 71.1 Å². The van der Waals surface area contributed by atoms with Crippen molar-refractivity contribution in [1.82, 2.24) is 15.1 Å². The van der Waals surface area contributed by atoms with Crippen molar-refractivity contribution in [3.8, 4) is 0 Å². The van der Waals surface area contributed by atoms with Crippen LogP contribution in [0.3, 0.4) is 0 Å². The summed E-state index contributed by atoms with van der Waals surface area (Å²) in [6, 6.07) is -0.910. The van der Waals surface area contributed by atoms with E-state index in [-0.39, 0.29) is 32.6 Å². The number of hydrogen-bond acceptors (Lipinski definition) is 12. The molecule has 0 spiro atoms. The number of Topliss-reactive ketones (excluding diaryl/α,β-unsaturated/α-hetero) is 1. The smallest absolute Gasteiger partial charge is 0.410 e. The second-order valence-electron chi connectivity index (χ2n) is 15.4. The lowest BCUT2D eigenvalue weighted by Gasteiger charge is -2.46. The normalized spacial score (nSPS) is 40.2. The lowest BCUT2D eigenvalue weighted by Crippen LogP contribution is -2.61. The summed E-state index contributed by atoms with van der Waals surface area (Å²) in [5, 5.41) is 7.23. The number of cyclic esters (lactones) is 1. The first kappa shape index (κ1) is 43.0. The van der Waals surface area contributed by atoms with Crippen LogP contribution in [0, 0.1) is 17.8 Å². The van der Waals surface area contributed by atoms with Crippen molar-refractivity contribution < 1.29 is 42.6 Å². The van der Waals surface area contributed by atoms with Crippen molar-refractivity contribution in [2.45, 2.75) is 147 Å². The molecule has 0 radical (unpaired) electrons. The van der Waals surface area contributed by atoms with E-state index >= 15 is 0 Å². The van der Waals surface area contributed by atoms with Crippen LogP contribution in [0.25, 0.3) is 10.4 Å². The SMILES string of the molecule is CC[C@H]1OC(=O)[C@H](C)C(=O)[C@H](C)[C@@H](O[C@@H]2OC(C)CC(N(C)C)C2P=O)[C@@](C)(OC)C[C@@H](C)CN[C@H](C)[C@H]2N(CCCCN=[N+]=[N-])C(=O)O[C@]12C. The number of methoxy groups -OCH3 is 1. The van der Waals surface area contributed by atoms with E-state index in [9.17, 15) is 18.9 Å². The maximum Gasteiger partial charge on any atom is 0.410 e. The lowest BCUT2D eigenvalue weighted by atomic mass is 9.78. The molecule has 51 heavy (non-hydrogen) atoms. The van der Waals surface area contributed by atoms with Gasteiger partial charge in [0.25, 0.3) is 0 Å². The average Bonchev–Trinajstić information content (AvgIpc) is 3.35. The summed E-state index contributed by atoms with van der Waals surface area (Å²) in [7, 11) is 5.30. The van der Waals surface area contributed by atoms with Crippen molar-refractivity contribution in [2.75, 3.05) is 40.8 Å². The molecule has 3 heterocycles. The molecule has 3 rings (SSSR count). The van der Waals surface area contributed by atoms with Crippen LogP contribution in [0.1, 0.15) is 87.5 Å². The summed E-state index contributed by atoms with van der Waals surface area (Å²) >= 11 is 0. The van der Waals surface area contributed by atoms with Crippen molar-refractivity contribution in [2.24, 2.45) is 22.9 Å². The van der Waals surface area contributed by atoms with Gasteiger partial charge in [-0.2, -0.15) is 0 Å². The first-order valence-electron chi connectivity index (χ1n) is 18.3. The maximum absolute atomic E-state index is 14.3. The number of esters is 1. The second kappa shape index (κ2) is 18.6. The second-order valence-corrected chi connectivity index (χ2v) is 16.2. The zero-order valence-electron chi connectivity index (χ0n) is 32.4. The maximum atomic E-state index is 14.3. The number of nitrogens with zero attached hydrogens (tertiary/aromatic N) is 5. The van der Waals surface area contributed by atoms with E-state index in [4.69, 9.17) is 29.2 Å². The fraction of sp³-hybridized carbons (Fsp3) is 0.914. The van der Waals surface area contributed by atoms with Gasteiger partial charge in [0.05, 0.1) is 23.9 Å². The van der Waals surface area contributed by atoms with Gasteiger partial charge in [0.2, 0.25) is 0 Å². The number of ether oxygens (including phenoxy) is 5. The van der Waals surface area contributed by atoms with Crippen LogP contribution >= 0.6 is 8.46 Å². The van der Waals surface area contributed by atoms with Crippen LogP contribution in [0.15, 0.2) is 5.11 Å². The highest BCUT2D eigenvalue weighted by molar-refractivity contribution is 7.25. The zero-order chi connectivity index (χ0) is 38.3. The molecule has 13 atom stereocenters. The summed E-state index contributed by atoms with van der Waals surface area (Å²) in [5.41, 5.74) is 5.88. The molecule has 3 unspecified atom stereocenters. The molecule has 0 aromatic carbocycles. The number of ketones is 1. The Morgan fingerprint density at radius 3 is 2.41 bits per heavy atom. The van der Waals surface area contributed by atoms with Crippen molar-refractivity contribution >= 4 is 26.3 Å². The summed E-state index contributed by atoms with van der Waals surface area (Å²) in [5.74, 6) is -3.16. The molecule has 15 nitrogen and oxygen atoms in total. The molecule has 1 N–H and O–H groups in total. The first-order valence-corrected chi connectivity index (χ1v) is 19.2. The number of fused-ring (bicyclic) bond motifs is 1. The minimum atomic E-state index is -1.23. The zero-order valence-corrected chi connectivity index (χ0v) is 33.3. The summed E-state index contributed by atoms with van der Waals surface area (Å²) in [6.07, 6.45) is -0.686. The van der Waals surface area contributed by atoms with E-state index in [1.807, 2.05) is 46.7 Å². The Kier molecular flexibility index (Phi) is 15.7. The summed E-state index contributed by atoms with van der Waals surface area (Å²) < 4.78 is 44.0. The van der Waals surface area contributed by atoms with Gasteiger partial charge in [0.15, 0.2) is 26.1 Å². The first-order chi connectivity index (χ1) is 24.0. The monoisotopic (exact) mass is 740 g/mol. The minimum absolute atomic E-state index is 0.0102. The molecule has 0 saturated carbocycles. The topological polar surface area (TPSA) is 182 Å². The molecule has 290 valence electrons. The number of carbonyl (C=O) groups is 3. The quantitative estimate of drug-likeness (QED) is 0.0548. The molecular weight excluding hydrogens is 679 g/mol. The number of azide groups is 1. The number of unbranched alkanes of at least 4 members (excludes halogenated alkanes) is 1. The third-order valence-electron chi connectivity index (χ3n) is 11.1. The fourth-order valence-electron chi connectivity index (χ4n) is 8.29. The minimum Gasteiger partial charge on any atom is -0.458 e. The average molecular weight is 741 g/mol. The van der Waals surface area contributed by atoms with Crippen LogP contribution in [-0.4, -0.2) is 128 Å². The molecule has 0 aromatic rings. The van der Waals surface area contributed by atoms with Crippen molar-refractivity contribution in [3.63, 3.8) is 0 Å². The van der Waals surface area contributed by atoms with E-state index in [2.05, 4.69) is 22.3 Å². The Hall–Kier alpha value is -2.38. The van der Waals surface area contributed by atoms with Gasteiger partial charge in [0, 0.05) is 43.1 Å². The Labute approximate surface area is 305 Å². The third-order valence-corrected chi connectivity index (χ3v) is 12.0. The highest BCUT2D eigenvalue weighted by atomic mass is 31.1. The predicted molar refractivity (Wildman–Crippen MR) is 191 cm³/mol. The molecule has 16 heteroatoms. The molecule has 3 fully saturated rings. The van der Waals surface area contributed by atoms with Gasteiger partial charge in [-0.05, 0) is 98.8 Å². The molecule has 0 bridgehead atoms. The van der Waals surface area contributed by atoms with Gasteiger partial charge in [-0.3, -0.25) is 19.1 Å². The van der Waals surface area contributed by atoms with Crippen LogP contribution in [0.5, 0.6) is 0 Å². The molecule has 3 aliphatic heterocycles. The number of nitrogens with one attached hydrogen (secondary N) is 1. The van der Waals surface area contributed by atoms with E-state index in [1.54, 1.807) is 25.9 Å². The molecular formula is C35H61N6O9P. The highest BCUT2D eigenvalue weighted by Gasteiger charge is 2.58. The fourth-order valence-corrected chi connectivity index (χ4v) is 9.06. The van der Waals surface area contributed by atoms with Crippen LogP contribution in [0.2, 0.25) is 0 Å². The summed E-state index contributed by atoms with van der Waals surface area (Å²) in [4.78, 5) is 48.1. The van der Waals surface area contributed by atoms with Gasteiger partial charge < -0.3 is 33.9 Å². The lowest BCUT2D eigenvalue weighted by molar-refractivity contribution is -0.260. The van der Waals surface area contributed by atoms with Gasteiger partial charge in [0.1, 0.15) is 17.7 Å². The number of hydrogen-bond donors (Lipinski definition) is 1. The Bertz CT molecular complexity index is 1270. The standard InChI is InChI=1S/C35H61N6O9P/c1-12-26-35(8)29(41(33(44)50-35)16-14-13-15-38-39-36)24(6)37-19-20(2)18-34(7,46-11)30(22(4)27(42)23(5)31(43)48-26)49-32-28(51-45)25(40(9)10)17-21(3)47-32/h20-26,28-30,32,37H,12-19H2,1-11H3/t20-,21?,22+,23-,24-,25?,26-,28?,29-,30-,32+,34+,35-/m1/s1. The number of carbonyl (C=O) groups excluding carboxylic acids is 3. The molecule has 0 aromatic heterocycles. The molecule has 0 aliphatic carbocycles. The Balaban J connectivity index is 2.04. The summed E-state index contributed by atoms with van der Waals surface area (Å²) in [6.45, 7) is 16.0. The largest absolute Gasteiger partial charge is 0.458 e. The molecule has 1 amide bonds. The van der Waals surface area contributed by atoms with Gasteiger partial charge >= 0.3 is 12.1 Å². The molecule has 3 aliphatic rings. The Morgan fingerprint density at radius 1 is 1.14 bits per heavy atom. The van der Waals surface area contributed by atoms with E-state index in [1.165, 1.54) is 6.92 Å². The van der Waals surface area contributed by atoms with Crippen LogP contribution in [-0.2, 0) is 37.8 Å². The van der Waals surface area contributed by atoms with E-state index in [0.717, 1.165) is 0 Å². The number of amides is 1. The van der Waals surface area contributed by atoms with Crippen LogP contribution in [0.4, 0.5) is 4.79 Å². The molecule has 3 saturated heterocycles. The van der Waals surface area contributed by atoms with E-state index in [0.29, 0.717) is 51.7 Å². The van der Waals surface area contributed by atoms with Gasteiger partial charge in [-0.1, -0.05) is 25.9 Å². The van der Waals surface area contributed by atoms with Crippen molar-refractivity contribution in [1.29, 1.82) is 0 Å². The Morgan fingerprint density at radius 2 is 1.82 bits per heavy atom. The highest BCUT2D eigenvalue weighted by Crippen LogP contribution is 2.41. The van der Waals surface area contributed by atoms with Gasteiger partial charge in [-0.25, -0.2) is 4.79 Å². The van der Waals surface area contributed by atoms with Crippen molar-refractivity contribution in [3.05, 3.63) is 10.4 Å². The third kappa shape index (κ3) is 9.79. The van der Waals surface area contributed by atoms with Gasteiger partial charge in [-0.15, -0.1) is 0 Å². The predicted octanol–water partition coefficient (Wildman–Crippen LogP) is 5.35. The van der Waals surface area contributed by atoms with Crippen LogP contribution < -0.4 is 5.32 Å². The number of rotatable bonds is 11.